The first kappa shape index (κ1) is 16.2. The Balaban J connectivity index is 2.76. The molecule has 0 aliphatic carbocycles. The van der Waals surface area contributed by atoms with Crippen LogP contribution in [0.5, 0.6) is 0 Å². The van der Waals surface area contributed by atoms with Gasteiger partial charge in [-0.25, -0.2) is 4.79 Å². The highest BCUT2D eigenvalue weighted by molar-refractivity contribution is 5.86. The summed E-state index contributed by atoms with van der Waals surface area (Å²) >= 11 is 0. The molecule has 0 radical (unpaired) electrons. The fourth-order valence-electron chi connectivity index (χ4n) is 1.61. The summed E-state index contributed by atoms with van der Waals surface area (Å²) in [6.45, 7) is 9.36. The smallest absolute Gasteiger partial charge is 0.412 e. The van der Waals surface area contributed by atoms with Gasteiger partial charge >= 0.3 is 6.09 Å². The lowest BCUT2D eigenvalue weighted by Crippen LogP contribution is -2.27. The average Bonchev–Trinajstić information content (AvgIpc) is 2.27. The molecule has 3 N–H and O–H groups in total. The summed E-state index contributed by atoms with van der Waals surface area (Å²) < 4.78 is 5.23. The Morgan fingerprint density at radius 3 is 2.55 bits per heavy atom. The van der Waals surface area contributed by atoms with Crippen molar-refractivity contribution < 1.29 is 9.53 Å². The van der Waals surface area contributed by atoms with Gasteiger partial charge in [-0.3, -0.25) is 5.32 Å². The number of carbonyl (C=O) groups excluding carboxylic acids is 1. The van der Waals surface area contributed by atoms with E-state index in [4.69, 9.17) is 10.5 Å². The number of nitrogens with one attached hydrogen (secondary N) is 1. The van der Waals surface area contributed by atoms with E-state index < -0.39 is 11.7 Å². The molecule has 20 heavy (non-hydrogen) atoms. The zero-order chi connectivity index (χ0) is 15.3. The molecule has 110 valence electrons. The lowest BCUT2D eigenvalue weighted by Gasteiger charge is -2.20. The van der Waals surface area contributed by atoms with Gasteiger partial charge in [0.05, 0.1) is 0 Å². The molecule has 1 amide bonds. The molecule has 0 aliphatic heterocycles. The molecule has 0 fully saturated rings. The summed E-state index contributed by atoms with van der Waals surface area (Å²) in [6.07, 6.45) is 3.45. The maximum atomic E-state index is 11.7. The third kappa shape index (κ3) is 5.89. The standard InChI is InChI=1S/C16H24N2O2/c1-11-10-13(7-6-12(2)17)8-9-14(11)18-15(19)20-16(3,4)5/h6-10,12H,17H2,1-5H3,(H,18,19)/b7-6+. The molecular weight excluding hydrogens is 252 g/mol. The number of anilines is 1. The van der Waals surface area contributed by atoms with Crippen LogP contribution in [-0.4, -0.2) is 17.7 Å². The van der Waals surface area contributed by atoms with E-state index in [1.807, 2.05) is 65.0 Å². The maximum Gasteiger partial charge on any atom is 0.412 e. The minimum atomic E-state index is -0.502. The molecule has 0 saturated heterocycles. The van der Waals surface area contributed by atoms with Gasteiger partial charge in [-0.2, -0.15) is 0 Å². The lowest BCUT2D eigenvalue weighted by molar-refractivity contribution is 0.0636. The second kappa shape index (κ2) is 6.57. The van der Waals surface area contributed by atoms with E-state index in [-0.39, 0.29) is 6.04 Å². The molecule has 1 unspecified atom stereocenters. The Morgan fingerprint density at radius 1 is 1.40 bits per heavy atom. The first-order valence-electron chi connectivity index (χ1n) is 6.72. The van der Waals surface area contributed by atoms with Gasteiger partial charge in [0, 0.05) is 11.7 Å². The van der Waals surface area contributed by atoms with E-state index in [0.29, 0.717) is 0 Å². The van der Waals surface area contributed by atoms with Crippen molar-refractivity contribution in [2.45, 2.75) is 46.3 Å². The Morgan fingerprint density at radius 2 is 2.05 bits per heavy atom. The third-order valence-electron chi connectivity index (χ3n) is 2.48. The summed E-state index contributed by atoms with van der Waals surface area (Å²) in [7, 11) is 0. The number of aryl methyl sites for hydroxylation is 1. The number of hydrogen-bond acceptors (Lipinski definition) is 3. The zero-order valence-corrected chi connectivity index (χ0v) is 12.9. The zero-order valence-electron chi connectivity index (χ0n) is 12.9. The third-order valence-corrected chi connectivity index (χ3v) is 2.48. The van der Waals surface area contributed by atoms with Crippen LogP contribution in [0.3, 0.4) is 0 Å². The number of benzene rings is 1. The van der Waals surface area contributed by atoms with Gasteiger partial charge in [-0.15, -0.1) is 0 Å². The molecule has 0 bridgehead atoms. The molecule has 0 spiro atoms. The molecule has 4 nitrogen and oxygen atoms in total. The Hall–Kier alpha value is -1.81. The first-order chi connectivity index (χ1) is 9.17. The van der Waals surface area contributed by atoms with Gasteiger partial charge in [0.25, 0.3) is 0 Å². The van der Waals surface area contributed by atoms with Crippen LogP contribution >= 0.6 is 0 Å². The van der Waals surface area contributed by atoms with Crippen LogP contribution in [0.15, 0.2) is 24.3 Å². The molecule has 1 aromatic carbocycles. The minimum absolute atomic E-state index is 0.0230. The molecular formula is C16H24N2O2. The Labute approximate surface area is 121 Å². The van der Waals surface area contributed by atoms with E-state index in [9.17, 15) is 4.79 Å². The van der Waals surface area contributed by atoms with Gasteiger partial charge < -0.3 is 10.5 Å². The molecule has 0 aliphatic rings. The van der Waals surface area contributed by atoms with E-state index >= 15 is 0 Å². The largest absolute Gasteiger partial charge is 0.444 e. The first-order valence-corrected chi connectivity index (χ1v) is 6.72. The highest BCUT2D eigenvalue weighted by Crippen LogP contribution is 2.19. The number of rotatable bonds is 3. The van der Waals surface area contributed by atoms with Crippen molar-refractivity contribution in [2.75, 3.05) is 5.32 Å². The quantitative estimate of drug-likeness (QED) is 0.884. The van der Waals surface area contributed by atoms with Crippen molar-refractivity contribution in [3.8, 4) is 0 Å². The number of hydrogen-bond donors (Lipinski definition) is 2. The number of carbonyl (C=O) groups is 1. The van der Waals surface area contributed by atoms with Crippen molar-refractivity contribution >= 4 is 17.9 Å². The van der Waals surface area contributed by atoms with E-state index in [1.54, 1.807) is 0 Å². The fourth-order valence-corrected chi connectivity index (χ4v) is 1.61. The second-order valence-electron chi connectivity index (χ2n) is 5.92. The van der Waals surface area contributed by atoms with Gasteiger partial charge in [-0.05, 0) is 57.9 Å². The number of ether oxygens (including phenoxy) is 1. The summed E-state index contributed by atoms with van der Waals surface area (Å²) in [5, 5.41) is 2.75. The second-order valence-corrected chi connectivity index (χ2v) is 5.92. The number of amides is 1. The molecule has 1 aromatic rings. The van der Waals surface area contributed by atoms with Crippen LogP contribution in [0.1, 0.15) is 38.8 Å². The topological polar surface area (TPSA) is 64.3 Å². The molecule has 0 heterocycles. The number of nitrogens with two attached hydrogens (primary N) is 1. The highest BCUT2D eigenvalue weighted by atomic mass is 16.6. The summed E-state index contributed by atoms with van der Waals surface area (Å²) in [5.74, 6) is 0. The molecule has 1 atom stereocenters. The van der Waals surface area contributed by atoms with E-state index in [1.165, 1.54) is 0 Å². The average molecular weight is 276 g/mol. The molecule has 0 aromatic heterocycles. The van der Waals surface area contributed by atoms with Crippen LogP contribution in [0, 0.1) is 6.92 Å². The monoisotopic (exact) mass is 276 g/mol. The summed E-state index contributed by atoms with van der Waals surface area (Å²) in [5.41, 5.74) is 7.94. The highest BCUT2D eigenvalue weighted by Gasteiger charge is 2.16. The van der Waals surface area contributed by atoms with E-state index in [2.05, 4.69) is 5.32 Å². The summed E-state index contributed by atoms with van der Waals surface area (Å²) in [6, 6.07) is 5.81. The lowest BCUT2D eigenvalue weighted by atomic mass is 10.1. The Bertz CT molecular complexity index is 500. The van der Waals surface area contributed by atoms with Crippen LogP contribution in [-0.2, 0) is 4.74 Å². The fraction of sp³-hybridized carbons (Fsp3) is 0.438. The van der Waals surface area contributed by atoms with Crippen LogP contribution in [0.4, 0.5) is 10.5 Å². The van der Waals surface area contributed by atoms with Crippen molar-refractivity contribution in [1.29, 1.82) is 0 Å². The van der Waals surface area contributed by atoms with Gasteiger partial charge in [0.1, 0.15) is 5.60 Å². The normalized spacial score (nSPS) is 13.3. The van der Waals surface area contributed by atoms with Crippen molar-refractivity contribution in [2.24, 2.45) is 5.73 Å². The van der Waals surface area contributed by atoms with Gasteiger partial charge in [0.2, 0.25) is 0 Å². The van der Waals surface area contributed by atoms with Gasteiger partial charge in [-0.1, -0.05) is 18.2 Å². The van der Waals surface area contributed by atoms with Crippen LogP contribution in [0.2, 0.25) is 0 Å². The van der Waals surface area contributed by atoms with Crippen molar-refractivity contribution in [1.82, 2.24) is 0 Å². The minimum Gasteiger partial charge on any atom is -0.444 e. The predicted molar refractivity (Wildman–Crippen MR) is 83.7 cm³/mol. The van der Waals surface area contributed by atoms with Crippen molar-refractivity contribution in [3.63, 3.8) is 0 Å². The predicted octanol–water partition coefficient (Wildman–Crippen LogP) is 3.70. The maximum absolute atomic E-state index is 11.7. The van der Waals surface area contributed by atoms with Gasteiger partial charge in [0.15, 0.2) is 0 Å². The summed E-state index contributed by atoms with van der Waals surface area (Å²) in [4.78, 5) is 11.7. The SMILES string of the molecule is Cc1cc(/C=C/C(C)N)ccc1NC(=O)OC(C)(C)C. The van der Waals surface area contributed by atoms with Crippen molar-refractivity contribution in [3.05, 3.63) is 35.4 Å². The van der Waals surface area contributed by atoms with Crippen LogP contribution < -0.4 is 11.1 Å². The molecule has 1 rings (SSSR count). The van der Waals surface area contributed by atoms with E-state index in [0.717, 1.165) is 16.8 Å². The Kier molecular flexibility index (Phi) is 5.34. The van der Waals surface area contributed by atoms with Crippen LogP contribution in [0.25, 0.3) is 6.08 Å². The molecule has 4 heteroatoms. The molecule has 0 saturated carbocycles.